The van der Waals surface area contributed by atoms with Gasteiger partial charge >= 0.3 is 0 Å². The van der Waals surface area contributed by atoms with E-state index in [2.05, 4.69) is 394 Å². The summed E-state index contributed by atoms with van der Waals surface area (Å²) in [7, 11) is 6.53. The van der Waals surface area contributed by atoms with E-state index in [4.69, 9.17) is 0 Å². The summed E-state index contributed by atoms with van der Waals surface area (Å²) in [5, 5.41) is 15.7. The van der Waals surface area contributed by atoms with Crippen LogP contribution in [0.4, 0.5) is 0 Å². The third-order valence-electron chi connectivity index (χ3n) is 20.8. The number of fused-ring (bicyclic) bond motifs is 21. The first-order valence-electron chi connectivity index (χ1n) is 34.1. The van der Waals surface area contributed by atoms with Crippen molar-refractivity contribution < 1.29 is 0 Å². The summed E-state index contributed by atoms with van der Waals surface area (Å²) in [5.41, 5.74) is 26.0. The zero-order chi connectivity index (χ0) is 65.8. The zero-order valence-corrected chi connectivity index (χ0v) is 55.1. The lowest BCUT2D eigenvalue weighted by Gasteiger charge is -2.11. The molecule has 21 aromatic rings. The van der Waals surface area contributed by atoms with Crippen LogP contribution in [0.25, 0.3) is 181 Å². The quantitative estimate of drug-likeness (QED) is 0.159. The Morgan fingerprint density at radius 3 is 0.939 bits per heavy atom. The average molecular weight is 1270 g/mol. The van der Waals surface area contributed by atoms with Gasteiger partial charge in [-0.15, -0.1) is 0 Å². The van der Waals surface area contributed by atoms with Gasteiger partial charge in [0.2, 0.25) is 0 Å². The van der Waals surface area contributed by atoms with Crippen LogP contribution < -0.4 is 0 Å². The van der Waals surface area contributed by atoms with Crippen molar-refractivity contribution in [2.45, 2.75) is 0 Å². The number of hydrogen-bond acceptors (Lipinski definition) is 0. The lowest BCUT2D eigenvalue weighted by Crippen LogP contribution is -1.94. The molecule has 0 aliphatic carbocycles. The number of hydrogen-bond donors (Lipinski definition) is 0. The van der Waals surface area contributed by atoms with Crippen LogP contribution in [0.5, 0.6) is 0 Å². The number of aryl methyl sites for hydroxylation is 3. The molecule has 99 heavy (non-hydrogen) atoms. The molecule has 0 saturated carbocycles. The molecule has 0 amide bonds. The number of aromatic nitrogens is 6. The van der Waals surface area contributed by atoms with E-state index < -0.39 is 0 Å². The first-order chi connectivity index (χ1) is 48.9. The van der Waals surface area contributed by atoms with E-state index in [0.29, 0.717) is 0 Å². The van der Waals surface area contributed by atoms with Crippen LogP contribution in [0.3, 0.4) is 0 Å². The van der Waals surface area contributed by atoms with E-state index >= 15 is 0 Å². The molecule has 0 radical (unpaired) electrons. The van der Waals surface area contributed by atoms with Gasteiger partial charge in [0.25, 0.3) is 0 Å². The monoisotopic (exact) mass is 1270 g/mol. The summed E-state index contributed by atoms with van der Waals surface area (Å²) >= 11 is 0. The van der Waals surface area contributed by atoms with Gasteiger partial charge in [0.15, 0.2) is 0 Å². The molecule has 6 aromatic heterocycles. The van der Waals surface area contributed by atoms with E-state index in [-0.39, 0.29) is 0 Å². The summed E-state index contributed by atoms with van der Waals surface area (Å²) in [5.74, 6) is 0. The molecule has 0 spiro atoms. The summed E-state index contributed by atoms with van der Waals surface area (Å²) in [6.07, 6.45) is 0. The van der Waals surface area contributed by atoms with Crippen LogP contribution in [0.1, 0.15) is 0 Å². The molecule has 0 bridgehead atoms. The molecule has 0 aliphatic rings. The van der Waals surface area contributed by atoms with Crippen molar-refractivity contribution >= 4 is 131 Å². The Bertz CT molecular complexity index is 6710. The number of rotatable bonds is 6. The summed E-state index contributed by atoms with van der Waals surface area (Å²) in [6.45, 7) is 0. The molecule has 6 heterocycles. The molecule has 6 heteroatoms. The highest BCUT2D eigenvalue weighted by atomic mass is 15.0. The van der Waals surface area contributed by atoms with Gasteiger partial charge in [-0.05, 0) is 130 Å². The van der Waals surface area contributed by atoms with Crippen LogP contribution in [0, 0.1) is 0 Å². The molecule has 0 saturated heterocycles. The van der Waals surface area contributed by atoms with Gasteiger partial charge < -0.3 is 27.4 Å². The van der Waals surface area contributed by atoms with Gasteiger partial charge in [0.05, 0.1) is 44.1 Å². The van der Waals surface area contributed by atoms with Crippen LogP contribution in [0.15, 0.2) is 346 Å². The standard InChI is InChI=1S/C37H26N2.C31H22N2.C25H18N2/c1-38-32-16-7-5-14-30(32)36-34(38)22-23-35-37(36)31-15-6-8-17-33(31)39(35)29-13-9-12-28(24-29)27-20-18-26(19-21-27)25-10-3-2-4-11-25;1-32-27-13-7-5-11-24(27)25-19-20-29-30(31(25)32)26-12-6-8-14-28(26)33(29)23-17-15-22(16-18-23)21-9-3-2-4-10-21;1-26-21-13-7-5-11-18(21)19-15-16-23-24(25(19)26)20-12-6-8-14-22(20)27(23)17-9-3-2-4-10-17/h2-24H,1H3;2-20H,1H3;2-16H,1H3. The fraction of sp³-hybridized carbons (Fsp3) is 0.0323. The van der Waals surface area contributed by atoms with E-state index in [1.807, 2.05) is 0 Å². The van der Waals surface area contributed by atoms with Crippen molar-refractivity contribution in [1.82, 2.24) is 27.4 Å². The maximum atomic E-state index is 2.42. The topological polar surface area (TPSA) is 29.6 Å². The van der Waals surface area contributed by atoms with Gasteiger partial charge in [-0.25, -0.2) is 0 Å². The van der Waals surface area contributed by atoms with Crippen LogP contribution in [0.2, 0.25) is 0 Å². The Kier molecular flexibility index (Phi) is 13.5. The van der Waals surface area contributed by atoms with Gasteiger partial charge in [-0.2, -0.15) is 0 Å². The minimum atomic E-state index is 1.17. The molecule has 21 rings (SSSR count). The lowest BCUT2D eigenvalue weighted by molar-refractivity contribution is 1.01. The molecule has 0 unspecified atom stereocenters. The number of benzene rings is 15. The first kappa shape index (κ1) is 57.5. The average Bonchev–Trinajstić information content (AvgIpc) is 1.57. The van der Waals surface area contributed by atoms with Crippen molar-refractivity contribution in [2.75, 3.05) is 0 Å². The fourth-order valence-electron chi connectivity index (χ4n) is 16.3. The maximum absolute atomic E-state index is 2.42. The van der Waals surface area contributed by atoms with Crippen LogP contribution in [-0.2, 0) is 21.1 Å². The van der Waals surface area contributed by atoms with E-state index in [1.54, 1.807) is 0 Å². The molecular formula is C93H66N6. The SMILES string of the molecule is Cn1c2ccccc2c2c3c4ccccc4n(-c4cccc(-c5ccc(-c6ccccc6)cc5)c4)c3ccc21.Cn1c2ccccc2c2ccc3c(c4ccccc4n3-c3ccc(-c4ccccc4)cc3)c21.Cn1c2ccccc2c2ccc3c(c4ccccc4n3-c3ccccc3)c21. The van der Waals surface area contributed by atoms with Crippen molar-refractivity contribution in [3.63, 3.8) is 0 Å². The summed E-state index contributed by atoms with van der Waals surface area (Å²) in [6, 6.07) is 125. The fourth-order valence-corrected chi connectivity index (χ4v) is 16.3. The molecular weight excluding hydrogens is 1200 g/mol. The van der Waals surface area contributed by atoms with Crippen molar-refractivity contribution in [3.05, 3.63) is 346 Å². The van der Waals surface area contributed by atoms with Gasteiger partial charge in [-0.3, -0.25) is 0 Å². The minimum absolute atomic E-state index is 1.17. The smallest absolute Gasteiger partial charge is 0.0590 e. The highest BCUT2D eigenvalue weighted by molar-refractivity contribution is 6.30. The maximum Gasteiger partial charge on any atom is 0.0590 e. The zero-order valence-electron chi connectivity index (χ0n) is 55.1. The molecule has 0 atom stereocenters. The molecule has 0 aliphatic heterocycles. The second kappa shape index (κ2) is 23.2. The molecule has 468 valence electrons. The Labute approximate surface area is 572 Å². The Morgan fingerprint density at radius 2 is 0.455 bits per heavy atom. The highest BCUT2D eigenvalue weighted by Crippen LogP contribution is 2.45. The van der Waals surface area contributed by atoms with Gasteiger partial charge in [0, 0.05) is 125 Å². The Balaban J connectivity index is 0.000000105. The third kappa shape index (κ3) is 9.10. The van der Waals surface area contributed by atoms with E-state index in [9.17, 15) is 0 Å². The Morgan fingerprint density at radius 1 is 0.162 bits per heavy atom. The van der Waals surface area contributed by atoms with Crippen molar-refractivity contribution in [1.29, 1.82) is 0 Å². The Hall–Kier alpha value is -12.9. The predicted octanol–water partition coefficient (Wildman–Crippen LogP) is 24.3. The molecule has 6 nitrogen and oxygen atoms in total. The van der Waals surface area contributed by atoms with Crippen LogP contribution in [-0.4, -0.2) is 27.4 Å². The van der Waals surface area contributed by atoms with Crippen LogP contribution >= 0.6 is 0 Å². The summed E-state index contributed by atoms with van der Waals surface area (Å²) < 4.78 is 14.2. The number of nitrogens with zero attached hydrogens (tertiary/aromatic N) is 6. The van der Waals surface area contributed by atoms with Gasteiger partial charge in [-0.1, -0.05) is 249 Å². The molecule has 15 aromatic carbocycles. The van der Waals surface area contributed by atoms with Crippen molar-refractivity contribution in [3.8, 4) is 50.4 Å². The molecule has 0 N–H and O–H groups in total. The second-order valence-corrected chi connectivity index (χ2v) is 26.1. The predicted molar refractivity (Wildman–Crippen MR) is 421 cm³/mol. The second-order valence-electron chi connectivity index (χ2n) is 26.1. The minimum Gasteiger partial charge on any atom is -0.344 e. The highest BCUT2D eigenvalue weighted by Gasteiger charge is 2.23. The normalized spacial score (nSPS) is 11.8. The summed E-state index contributed by atoms with van der Waals surface area (Å²) in [4.78, 5) is 0. The van der Waals surface area contributed by atoms with E-state index in [1.165, 1.54) is 181 Å². The molecule has 0 fully saturated rings. The number of para-hydroxylation sites is 7. The largest absolute Gasteiger partial charge is 0.344 e. The first-order valence-corrected chi connectivity index (χ1v) is 34.1. The third-order valence-corrected chi connectivity index (χ3v) is 20.8. The lowest BCUT2D eigenvalue weighted by atomic mass is 10.00. The van der Waals surface area contributed by atoms with Crippen molar-refractivity contribution in [2.24, 2.45) is 21.1 Å². The van der Waals surface area contributed by atoms with E-state index in [0.717, 1.165) is 0 Å². The van der Waals surface area contributed by atoms with Gasteiger partial charge in [0.1, 0.15) is 0 Å².